The number of hydrogen-bond donors (Lipinski definition) is 4. The number of aromatic nitrogens is 4. The molecule has 3 heterocycles. The molecule has 1 aliphatic rings. The topological polar surface area (TPSA) is 224 Å². The molecular formula is C18H18N5O10P-2. The second-order valence-corrected chi connectivity index (χ2v) is 8.34. The van der Waals surface area contributed by atoms with Crippen LogP contribution in [0.25, 0.3) is 11.2 Å². The van der Waals surface area contributed by atoms with Crippen molar-refractivity contribution in [1.82, 2.24) is 19.5 Å². The SMILES string of the molecule is COc1ccccc1C(=O)Nc1[nH]c(=O)nc2c1ncn2[C@@H]1O[C@H](COP(=O)([O-])[O-])[C@@H](O)[C@H]1O. The number of ether oxygens (including phenoxy) is 2. The molecule has 0 radical (unpaired) electrons. The number of aliphatic hydroxyl groups is 2. The van der Waals surface area contributed by atoms with Crippen LogP contribution in [0.15, 0.2) is 35.4 Å². The fourth-order valence-electron chi connectivity index (χ4n) is 3.48. The van der Waals surface area contributed by atoms with Gasteiger partial charge >= 0.3 is 5.69 Å². The van der Waals surface area contributed by atoms with Gasteiger partial charge in [0, 0.05) is 0 Å². The van der Waals surface area contributed by atoms with Crippen LogP contribution in [0, 0.1) is 0 Å². The summed E-state index contributed by atoms with van der Waals surface area (Å²) in [5.41, 5.74) is -0.771. The van der Waals surface area contributed by atoms with Crippen LogP contribution in [0.2, 0.25) is 0 Å². The fraction of sp³-hybridized carbons (Fsp3) is 0.333. The third-order valence-electron chi connectivity index (χ3n) is 5.04. The largest absolute Gasteiger partial charge is 0.790 e. The van der Waals surface area contributed by atoms with Gasteiger partial charge < -0.3 is 43.9 Å². The van der Waals surface area contributed by atoms with Crippen LogP contribution >= 0.6 is 7.82 Å². The fourth-order valence-corrected chi connectivity index (χ4v) is 3.81. The Kier molecular flexibility index (Phi) is 6.51. The molecule has 0 spiro atoms. The maximum absolute atomic E-state index is 12.7. The smallest absolute Gasteiger partial charge is 0.348 e. The van der Waals surface area contributed by atoms with Crippen LogP contribution in [0.5, 0.6) is 5.75 Å². The van der Waals surface area contributed by atoms with E-state index in [2.05, 4.69) is 24.8 Å². The summed E-state index contributed by atoms with van der Waals surface area (Å²) in [6.07, 6.45) is -4.84. The molecule has 15 nitrogen and oxygen atoms in total. The number of imidazole rings is 1. The number of benzene rings is 1. The number of anilines is 1. The predicted octanol–water partition coefficient (Wildman–Crippen LogP) is -2.15. The molecular weight excluding hydrogens is 477 g/mol. The predicted molar refractivity (Wildman–Crippen MR) is 109 cm³/mol. The number of fused-ring (bicyclic) bond motifs is 1. The number of nitrogens with zero attached hydrogens (tertiary/aromatic N) is 3. The van der Waals surface area contributed by atoms with Gasteiger partial charge in [0.15, 0.2) is 11.9 Å². The van der Waals surface area contributed by atoms with Gasteiger partial charge in [-0.3, -0.25) is 14.3 Å². The molecule has 0 aliphatic carbocycles. The second kappa shape index (κ2) is 9.23. The summed E-state index contributed by atoms with van der Waals surface area (Å²) in [7, 11) is -3.94. The van der Waals surface area contributed by atoms with E-state index in [1.165, 1.54) is 13.2 Å². The summed E-state index contributed by atoms with van der Waals surface area (Å²) < 4.78 is 26.5. The quantitative estimate of drug-likeness (QED) is 0.257. The Morgan fingerprint density at radius 3 is 2.76 bits per heavy atom. The monoisotopic (exact) mass is 495 g/mol. The van der Waals surface area contributed by atoms with Crippen molar-refractivity contribution < 1.29 is 43.4 Å². The molecule has 2 aromatic heterocycles. The lowest BCUT2D eigenvalue weighted by Gasteiger charge is -2.30. The minimum atomic E-state index is -5.34. The number of phosphoric ester groups is 1. The van der Waals surface area contributed by atoms with E-state index in [4.69, 9.17) is 9.47 Å². The Labute approximate surface area is 190 Å². The first-order chi connectivity index (χ1) is 16.1. The van der Waals surface area contributed by atoms with Gasteiger partial charge in [0.05, 0.1) is 33.4 Å². The van der Waals surface area contributed by atoms with Gasteiger partial charge in [-0.15, -0.1) is 0 Å². The van der Waals surface area contributed by atoms with Gasteiger partial charge in [-0.25, -0.2) is 9.78 Å². The molecule has 4 N–H and O–H groups in total. The standard InChI is InChI=1S/C18H20N5O10P/c1-31-9-5-3-2-4-8(9)16(26)20-14-11-15(22-18(27)21-14)23(7-19-11)17-13(25)12(24)10(33-17)6-32-34(28,29)30/h2-5,7,10,12-13,17,24-25H,6H2,1H3,(H2,28,29,30)(H2,20,21,22,26,27)/p-2/t10-,12-,13-,17-/m1/s1. The number of nitrogens with one attached hydrogen (secondary N) is 2. The summed E-state index contributed by atoms with van der Waals surface area (Å²) in [5, 5.41) is 23.1. The van der Waals surface area contributed by atoms with Gasteiger partial charge in [-0.2, -0.15) is 4.98 Å². The number of phosphoric acid groups is 1. The van der Waals surface area contributed by atoms with Gasteiger partial charge in [0.2, 0.25) is 0 Å². The molecule has 1 amide bonds. The van der Waals surface area contributed by atoms with Crippen LogP contribution in [0.3, 0.4) is 0 Å². The number of rotatable bonds is 7. The minimum absolute atomic E-state index is 0.0245. The zero-order valence-electron chi connectivity index (χ0n) is 17.4. The Hall–Kier alpha value is -3.17. The van der Waals surface area contributed by atoms with Crippen LogP contribution in [-0.2, 0) is 13.8 Å². The van der Waals surface area contributed by atoms with Gasteiger partial charge in [0.1, 0.15) is 35.4 Å². The highest BCUT2D eigenvalue weighted by Gasteiger charge is 2.44. The number of carbonyl (C=O) groups excluding carboxylic acids is 1. The average Bonchev–Trinajstić information content (AvgIpc) is 3.32. The summed E-state index contributed by atoms with van der Waals surface area (Å²) in [6.45, 7) is -0.833. The molecule has 34 heavy (non-hydrogen) atoms. The number of carbonyl (C=O) groups is 1. The van der Waals surface area contributed by atoms with E-state index in [0.717, 1.165) is 10.9 Å². The normalized spacial score (nSPS) is 22.7. The number of amides is 1. The van der Waals surface area contributed by atoms with Gasteiger partial charge in [0.25, 0.3) is 5.91 Å². The molecule has 1 aromatic carbocycles. The van der Waals surface area contributed by atoms with Crippen molar-refractivity contribution in [1.29, 1.82) is 0 Å². The van der Waals surface area contributed by atoms with E-state index in [1.807, 2.05) is 0 Å². The summed E-state index contributed by atoms with van der Waals surface area (Å²) in [4.78, 5) is 56.6. The maximum Gasteiger partial charge on any atom is 0.348 e. The molecule has 4 atom stereocenters. The Morgan fingerprint density at radius 2 is 2.06 bits per heavy atom. The number of aromatic amines is 1. The van der Waals surface area contributed by atoms with Crippen molar-refractivity contribution >= 4 is 30.7 Å². The third kappa shape index (κ3) is 4.71. The van der Waals surface area contributed by atoms with Crippen molar-refractivity contribution in [2.45, 2.75) is 24.5 Å². The first kappa shape index (κ1) is 24.0. The lowest BCUT2D eigenvalue weighted by atomic mass is 10.1. The molecule has 1 aliphatic heterocycles. The molecule has 16 heteroatoms. The Morgan fingerprint density at radius 1 is 1.32 bits per heavy atom. The van der Waals surface area contributed by atoms with Crippen molar-refractivity contribution in [3.63, 3.8) is 0 Å². The third-order valence-corrected chi connectivity index (χ3v) is 5.51. The van der Waals surface area contributed by atoms with E-state index in [0.29, 0.717) is 5.75 Å². The number of hydrogen-bond acceptors (Lipinski definition) is 12. The van der Waals surface area contributed by atoms with Crippen molar-refractivity contribution in [2.24, 2.45) is 0 Å². The molecule has 182 valence electrons. The van der Waals surface area contributed by atoms with E-state index >= 15 is 0 Å². The molecule has 0 unspecified atom stereocenters. The van der Waals surface area contributed by atoms with Crippen LogP contribution < -0.4 is 25.5 Å². The zero-order chi connectivity index (χ0) is 24.6. The molecule has 0 saturated carbocycles. The maximum atomic E-state index is 12.7. The lowest BCUT2D eigenvalue weighted by Crippen LogP contribution is -2.34. The molecule has 4 rings (SSSR count). The van der Waals surface area contributed by atoms with E-state index < -0.39 is 50.6 Å². The number of aliphatic hydroxyl groups excluding tert-OH is 2. The summed E-state index contributed by atoms with van der Waals surface area (Å²) >= 11 is 0. The average molecular weight is 495 g/mol. The van der Waals surface area contributed by atoms with Crippen molar-refractivity contribution in [2.75, 3.05) is 19.0 Å². The molecule has 1 fully saturated rings. The van der Waals surface area contributed by atoms with Crippen molar-refractivity contribution in [3.8, 4) is 5.75 Å². The summed E-state index contributed by atoms with van der Waals surface area (Å²) in [6, 6.07) is 6.39. The Balaban J connectivity index is 1.64. The van der Waals surface area contributed by atoms with Crippen molar-refractivity contribution in [3.05, 3.63) is 46.6 Å². The molecule has 0 bridgehead atoms. The number of H-pyrrole nitrogens is 1. The van der Waals surface area contributed by atoms with Crippen LogP contribution in [-0.4, -0.2) is 67.7 Å². The first-order valence-electron chi connectivity index (χ1n) is 9.68. The van der Waals surface area contributed by atoms with E-state index in [1.54, 1.807) is 18.2 Å². The van der Waals surface area contributed by atoms with E-state index in [9.17, 15) is 34.2 Å². The molecule has 3 aromatic rings. The molecule has 1 saturated heterocycles. The summed E-state index contributed by atoms with van der Waals surface area (Å²) in [5.74, 6) is -0.417. The van der Waals surface area contributed by atoms with Gasteiger partial charge in [-0.05, 0) is 12.1 Å². The van der Waals surface area contributed by atoms with E-state index in [-0.39, 0.29) is 22.5 Å². The Bertz CT molecular complexity index is 1320. The van der Waals surface area contributed by atoms with Gasteiger partial charge in [-0.1, -0.05) is 12.1 Å². The first-order valence-corrected chi connectivity index (χ1v) is 11.1. The highest BCUT2D eigenvalue weighted by molar-refractivity contribution is 7.43. The van der Waals surface area contributed by atoms with Crippen LogP contribution in [0.4, 0.5) is 5.82 Å². The van der Waals surface area contributed by atoms with Crippen LogP contribution in [0.1, 0.15) is 16.6 Å². The highest BCUT2D eigenvalue weighted by atomic mass is 31.2. The lowest BCUT2D eigenvalue weighted by molar-refractivity contribution is -0.343. The zero-order valence-corrected chi connectivity index (χ0v) is 18.2. The minimum Gasteiger partial charge on any atom is -0.790 e. The highest BCUT2D eigenvalue weighted by Crippen LogP contribution is 2.34. The number of para-hydroxylation sites is 1. The second-order valence-electron chi connectivity index (χ2n) is 7.18. The number of methoxy groups -OCH3 is 1.